The Kier molecular flexibility index (Phi) is 4.27. The van der Waals surface area contributed by atoms with Gasteiger partial charge < -0.3 is 14.4 Å². The van der Waals surface area contributed by atoms with Crippen molar-refractivity contribution < 1.29 is 14.6 Å². The van der Waals surface area contributed by atoms with Gasteiger partial charge in [0.25, 0.3) is 0 Å². The summed E-state index contributed by atoms with van der Waals surface area (Å²) in [5, 5.41) is 8.73. The van der Waals surface area contributed by atoms with E-state index in [9.17, 15) is 4.79 Å². The number of carboxylic acids is 1. The molecule has 1 aromatic carbocycles. The maximum absolute atomic E-state index is 10.6. The Balaban J connectivity index is 2.36. The molecule has 0 fully saturated rings. The number of fused-ring (bicyclic) bond motifs is 1. The summed E-state index contributed by atoms with van der Waals surface area (Å²) in [6.45, 7) is 4.21. The van der Waals surface area contributed by atoms with Crippen LogP contribution in [0.1, 0.15) is 38.6 Å². The van der Waals surface area contributed by atoms with Crippen LogP contribution < -0.4 is 4.74 Å². The van der Waals surface area contributed by atoms with Crippen molar-refractivity contribution in [1.82, 2.24) is 9.55 Å². The highest BCUT2D eigenvalue weighted by molar-refractivity contribution is 5.78. The molecule has 0 bridgehead atoms. The van der Waals surface area contributed by atoms with E-state index in [2.05, 4.69) is 23.4 Å². The predicted octanol–water partition coefficient (Wildman–Crippen LogP) is 3.03. The molecule has 2 rings (SSSR count). The number of aliphatic carboxylic acids is 1. The number of imidazole rings is 1. The van der Waals surface area contributed by atoms with Crippen molar-refractivity contribution in [2.75, 3.05) is 7.11 Å². The maximum Gasteiger partial charge on any atom is 0.303 e. The van der Waals surface area contributed by atoms with Gasteiger partial charge in [-0.15, -0.1) is 0 Å². The molecule has 2 aromatic rings. The standard InChI is InChI=1S/C15H20N2O3/c1-10(2)17-13-8-7-11(20-3)9-12(13)16-14(17)5-4-6-15(18)19/h7-10H,4-6H2,1-3H3,(H,18,19). The molecule has 0 atom stereocenters. The molecule has 1 N–H and O–H groups in total. The quantitative estimate of drug-likeness (QED) is 0.880. The zero-order valence-electron chi connectivity index (χ0n) is 12.1. The molecule has 0 aliphatic heterocycles. The molecule has 5 heteroatoms. The minimum atomic E-state index is -0.765. The van der Waals surface area contributed by atoms with Gasteiger partial charge in [-0.1, -0.05) is 0 Å². The second kappa shape index (κ2) is 5.94. The number of benzene rings is 1. The third-order valence-corrected chi connectivity index (χ3v) is 3.28. The van der Waals surface area contributed by atoms with Crippen LogP contribution in [0, 0.1) is 0 Å². The van der Waals surface area contributed by atoms with Crippen LogP contribution in [0.25, 0.3) is 11.0 Å². The summed E-state index contributed by atoms with van der Waals surface area (Å²) >= 11 is 0. The van der Waals surface area contributed by atoms with E-state index in [0.717, 1.165) is 22.6 Å². The molecule has 0 amide bonds. The Bertz CT molecular complexity index is 617. The van der Waals surface area contributed by atoms with Crippen molar-refractivity contribution in [3.05, 3.63) is 24.0 Å². The van der Waals surface area contributed by atoms with Crippen LogP contribution in [0.3, 0.4) is 0 Å². The molecule has 108 valence electrons. The second-order valence-electron chi connectivity index (χ2n) is 5.09. The fourth-order valence-corrected chi connectivity index (χ4v) is 2.41. The van der Waals surface area contributed by atoms with Crippen molar-refractivity contribution in [1.29, 1.82) is 0 Å². The number of hydrogen-bond acceptors (Lipinski definition) is 3. The van der Waals surface area contributed by atoms with Crippen molar-refractivity contribution in [3.63, 3.8) is 0 Å². The van der Waals surface area contributed by atoms with Gasteiger partial charge in [-0.05, 0) is 32.4 Å². The van der Waals surface area contributed by atoms with Gasteiger partial charge in [-0.25, -0.2) is 4.98 Å². The topological polar surface area (TPSA) is 64.3 Å². The first-order valence-electron chi connectivity index (χ1n) is 6.79. The average molecular weight is 276 g/mol. The van der Waals surface area contributed by atoms with Gasteiger partial charge in [0.15, 0.2) is 0 Å². The molecule has 20 heavy (non-hydrogen) atoms. The van der Waals surface area contributed by atoms with E-state index in [1.165, 1.54) is 0 Å². The third-order valence-electron chi connectivity index (χ3n) is 3.28. The van der Waals surface area contributed by atoms with E-state index < -0.39 is 5.97 Å². The molecular formula is C15H20N2O3. The molecule has 5 nitrogen and oxygen atoms in total. The summed E-state index contributed by atoms with van der Waals surface area (Å²) in [6, 6.07) is 6.12. The minimum absolute atomic E-state index is 0.171. The van der Waals surface area contributed by atoms with Crippen LogP contribution in [0.5, 0.6) is 5.75 Å². The Morgan fingerprint density at radius 3 is 2.80 bits per heavy atom. The van der Waals surface area contributed by atoms with Crippen LogP contribution in [0.2, 0.25) is 0 Å². The number of methoxy groups -OCH3 is 1. The molecule has 0 aliphatic carbocycles. The zero-order valence-corrected chi connectivity index (χ0v) is 12.1. The molecular weight excluding hydrogens is 256 g/mol. The Morgan fingerprint density at radius 2 is 2.20 bits per heavy atom. The minimum Gasteiger partial charge on any atom is -0.497 e. The average Bonchev–Trinajstić information content (AvgIpc) is 2.75. The Morgan fingerprint density at radius 1 is 1.45 bits per heavy atom. The zero-order chi connectivity index (χ0) is 14.7. The molecule has 1 aromatic heterocycles. The van der Waals surface area contributed by atoms with Crippen LogP contribution in [0.15, 0.2) is 18.2 Å². The summed E-state index contributed by atoms with van der Waals surface area (Å²) in [4.78, 5) is 15.2. The van der Waals surface area contributed by atoms with Crippen LogP contribution in [-0.4, -0.2) is 27.7 Å². The summed E-state index contributed by atoms with van der Waals surface area (Å²) in [7, 11) is 1.63. The Hall–Kier alpha value is -2.04. The van der Waals surface area contributed by atoms with E-state index in [1.807, 2.05) is 18.2 Å². The van der Waals surface area contributed by atoms with E-state index in [0.29, 0.717) is 12.8 Å². The van der Waals surface area contributed by atoms with Gasteiger partial charge in [0.2, 0.25) is 0 Å². The lowest BCUT2D eigenvalue weighted by Gasteiger charge is -2.12. The van der Waals surface area contributed by atoms with Crippen LogP contribution in [-0.2, 0) is 11.2 Å². The summed E-state index contributed by atoms with van der Waals surface area (Å²) in [6.07, 6.45) is 1.44. The molecule has 0 aliphatic rings. The Labute approximate surface area is 118 Å². The first-order chi connectivity index (χ1) is 9.52. The molecule has 0 saturated heterocycles. The van der Waals surface area contributed by atoms with Crippen LogP contribution >= 0.6 is 0 Å². The first kappa shape index (κ1) is 14.4. The molecule has 0 unspecified atom stereocenters. The van der Waals surface area contributed by atoms with Crippen molar-refractivity contribution >= 4 is 17.0 Å². The smallest absolute Gasteiger partial charge is 0.303 e. The fraction of sp³-hybridized carbons (Fsp3) is 0.467. The second-order valence-corrected chi connectivity index (χ2v) is 5.09. The van der Waals surface area contributed by atoms with Gasteiger partial charge in [0.05, 0.1) is 18.1 Å². The third kappa shape index (κ3) is 2.92. The number of ether oxygens (including phenoxy) is 1. The molecule has 1 heterocycles. The predicted molar refractivity (Wildman–Crippen MR) is 77.2 cm³/mol. The monoisotopic (exact) mass is 276 g/mol. The van der Waals surface area contributed by atoms with Crippen molar-refractivity contribution in [2.45, 2.75) is 39.2 Å². The molecule has 0 spiro atoms. The highest BCUT2D eigenvalue weighted by atomic mass is 16.5. The lowest BCUT2D eigenvalue weighted by Crippen LogP contribution is -2.07. The van der Waals surface area contributed by atoms with Gasteiger partial charge in [0.1, 0.15) is 11.6 Å². The number of carboxylic acid groups (broad SMARTS) is 1. The largest absolute Gasteiger partial charge is 0.497 e. The van der Waals surface area contributed by atoms with E-state index >= 15 is 0 Å². The number of rotatable bonds is 6. The highest BCUT2D eigenvalue weighted by Gasteiger charge is 2.14. The van der Waals surface area contributed by atoms with Crippen LogP contribution in [0.4, 0.5) is 0 Å². The number of hydrogen-bond donors (Lipinski definition) is 1. The summed E-state index contributed by atoms with van der Waals surface area (Å²) in [5.41, 5.74) is 1.95. The number of carbonyl (C=O) groups is 1. The first-order valence-corrected chi connectivity index (χ1v) is 6.79. The number of aryl methyl sites for hydroxylation is 1. The summed E-state index contributed by atoms with van der Waals surface area (Å²) < 4.78 is 7.38. The van der Waals surface area contributed by atoms with E-state index in [-0.39, 0.29) is 12.5 Å². The molecule has 0 radical (unpaired) electrons. The van der Waals surface area contributed by atoms with E-state index in [1.54, 1.807) is 7.11 Å². The van der Waals surface area contributed by atoms with Gasteiger partial charge in [0, 0.05) is 24.9 Å². The lowest BCUT2D eigenvalue weighted by atomic mass is 10.2. The lowest BCUT2D eigenvalue weighted by molar-refractivity contribution is -0.137. The SMILES string of the molecule is COc1ccc2c(c1)nc(CCCC(=O)O)n2C(C)C. The van der Waals surface area contributed by atoms with Crippen molar-refractivity contribution in [3.8, 4) is 5.75 Å². The van der Waals surface area contributed by atoms with Gasteiger partial charge >= 0.3 is 5.97 Å². The normalized spacial score (nSPS) is 11.2. The highest BCUT2D eigenvalue weighted by Crippen LogP contribution is 2.25. The number of nitrogens with zero attached hydrogens (tertiary/aromatic N) is 2. The maximum atomic E-state index is 10.6. The fourth-order valence-electron chi connectivity index (χ4n) is 2.41. The van der Waals surface area contributed by atoms with Gasteiger partial charge in [-0.2, -0.15) is 0 Å². The molecule has 0 saturated carbocycles. The van der Waals surface area contributed by atoms with Crippen molar-refractivity contribution in [2.24, 2.45) is 0 Å². The number of aromatic nitrogens is 2. The van der Waals surface area contributed by atoms with Gasteiger partial charge in [-0.3, -0.25) is 4.79 Å². The van der Waals surface area contributed by atoms with E-state index in [4.69, 9.17) is 9.84 Å². The summed E-state index contributed by atoms with van der Waals surface area (Å²) in [5.74, 6) is 0.950.